The number of carbonyl (C=O) groups excluding carboxylic acids is 3. The topological polar surface area (TPSA) is 306 Å². The van der Waals surface area contributed by atoms with Crippen molar-refractivity contribution >= 4 is 29.8 Å². The number of aliphatic carboxylic acids is 2. The molecule has 4 aromatic heterocycles. The molecule has 1 saturated heterocycles. The van der Waals surface area contributed by atoms with E-state index in [4.69, 9.17) is 15.9 Å². The van der Waals surface area contributed by atoms with Crippen LogP contribution in [0.2, 0.25) is 0 Å². The number of methoxy groups -OCH3 is 1. The van der Waals surface area contributed by atoms with Crippen molar-refractivity contribution in [2.24, 2.45) is 5.73 Å². The number of nitrogens with zero attached hydrogens (tertiary/aromatic N) is 6. The molecule has 8 heterocycles. The van der Waals surface area contributed by atoms with Gasteiger partial charge in [-0.1, -0.05) is 22.3 Å². The highest BCUT2D eigenvalue weighted by molar-refractivity contribution is 6.04. The highest BCUT2D eigenvalue weighted by atomic mass is 16.5. The number of nitrogens with two attached hydrogens (primary N) is 1. The quantitative estimate of drug-likeness (QED) is 0.0952. The molecule has 8 rings (SSSR count). The Kier molecular flexibility index (Phi) is 16.9. The average Bonchev–Trinajstić information content (AvgIpc) is 4.00. The molecular weight excluding hydrogens is 718 g/mol. The third-order valence-corrected chi connectivity index (χ3v) is 8.80. The summed E-state index contributed by atoms with van der Waals surface area (Å²) >= 11 is 0. The fourth-order valence-electron chi connectivity index (χ4n) is 5.92. The number of aromatic amines is 4. The van der Waals surface area contributed by atoms with E-state index in [0.29, 0.717) is 45.4 Å². The van der Waals surface area contributed by atoms with Crippen LogP contribution in [-0.4, -0.2) is 128 Å². The number of imidazole rings is 4. The van der Waals surface area contributed by atoms with E-state index in [1.54, 1.807) is 30.1 Å². The predicted octanol–water partition coefficient (Wildman–Crippen LogP) is 0.497. The summed E-state index contributed by atoms with van der Waals surface area (Å²) in [6, 6.07) is -2.11. The third kappa shape index (κ3) is 10.8. The van der Waals surface area contributed by atoms with E-state index in [1.165, 1.54) is 18.3 Å². The summed E-state index contributed by atoms with van der Waals surface area (Å²) in [5, 5.41) is 23.1. The number of urea groups is 1. The summed E-state index contributed by atoms with van der Waals surface area (Å²) in [4.78, 5) is 86.6. The molecular formula is C34H53N13O8. The number of H-pyrrole nitrogens is 4. The molecule has 4 aromatic rings. The zero-order chi connectivity index (χ0) is 37.4. The molecule has 4 atom stereocenters. The number of rotatable bonds is 6. The van der Waals surface area contributed by atoms with Gasteiger partial charge in [0.25, 0.3) is 5.91 Å². The molecule has 0 aliphatic carbocycles. The van der Waals surface area contributed by atoms with Crippen molar-refractivity contribution in [3.63, 3.8) is 0 Å². The van der Waals surface area contributed by atoms with E-state index < -0.39 is 24.0 Å². The van der Waals surface area contributed by atoms with Gasteiger partial charge in [-0.3, -0.25) is 34.7 Å². The average molecular weight is 772 g/mol. The van der Waals surface area contributed by atoms with Crippen LogP contribution >= 0.6 is 0 Å². The Labute approximate surface area is 318 Å². The minimum absolute atomic E-state index is 0. The van der Waals surface area contributed by atoms with Crippen molar-refractivity contribution in [2.45, 2.75) is 98.7 Å². The number of likely N-dealkylation sites (N-methyl/N-ethyl adjacent to an activating group) is 1. The van der Waals surface area contributed by atoms with Crippen LogP contribution in [0.4, 0.5) is 4.79 Å². The van der Waals surface area contributed by atoms with Gasteiger partial charge in [0.1, 0.15) is 24.2 Å². The molecule has 0 saturated carbocycles. The lowest BCUT2D eigenvalue weighted by Crippen LogP contribution is -2.42. The van der Waals surface area contributed by atoms with Gasteiger partial charge >= 0.3 is 23.9 Å². The van der Waals surface area contributed by atoms with Gasteiger partial charge < -0.3 is 45.5 Å². The van der Waals surface area contributed by atoms with E-state index in [9.17, 15) is 24.0 Å². The number of carbonyl (C=O) groups is 5. The number of imide groups is 1. The van der Waals surface area contributed by atoms with Crippen LogP contribution in [0.3, 0.4) is 0 Å². The maximum Gasteiger partial charge on any atom is 0.327 e. The first-order chi connectivity index (χ1) is 25.0. The number of esters is 1. The number of ether oxygens (including phenoxy) is 1. The Morgan fingerprint density at radius 1 is 0.855 bits per heavy atom. The number of aromatic nitrogens is 8. The van der Waals surface area contributed by atoms with Crippen LogP contribution in [0.1, 0.15) is 69.1 Å². The monoisotopic (exact) mass is 771 g/mol. The lowest BCUT2D eigenvalue weighted by Gasteiger charge is -2.25. The number of hydrogen-bond donors (Lipinski definition) is 9. The molecule has 0 bridgehead atoms. The summed E-state index contributed by atoms with van der Waals surface area (Å²) in [7, 11) is 1.39. The minimum Gasteiger partial charge on any atom is -0.480 e. The van der Waals surface area contributed by atoms with Gasteiger partial charge in [0.05, 0.1) is 73.1 Å². The summed E-state index contributed by atoms with van der Waals surface area (Å²) in [5.41, 5.74) is 11.7. The zero-order valence-corrected chi connectivity index (χ0v) is 28.5. The third-order valence-electron chi connectivity index (χ3n) is 8.80. The van der Waals surface area contributed by atoms with Crippen LogP contribution in [0.15, 0.2) is 31.5 Å². The van der Waals surface area contributed by atoms with Crippen LogP contribution in [0, 0.1) is 0 Å². The maximum absolute atomic E-state index is 11.9. The molecule has 4 aliphatic rings. The summed E-state index contributed by atoms with van der Waals surface area (Å²) in [6.07, 6.45) is 9.78. The highest BCUT2D eigenvalue weighted by Crippen LogP contribution is 2.28. The molecule has 0 spiro atoms. The van der Waals surface area contributed by atoms with Gasteiger partial charge in [-0.05, 0) is 6.92 Å². The fourth-order valence-corrected chi connectivity index (χ4v) is 5.92. The van der Waals surface area contributed by atoms with Crippen molar-refractivity contribution in [2.75, 3.05) is 13.7 Å². The van der Waals surface area contributed by atoms with E-state index in [2.05, 4.69) is 55.2 Å². The van der Waals surface area contributed by atoms with Gasteiger partial charge in [-0.25, -0.2) is 24.7 Å². The summed E-state index contributed by atoms with van der Waals surface area (Å²) in [6.45, 7) is 3.92. The Morgan fingerprint density at radius 3 is 1.91 bits per heavy atom. The van der Waals surface area contributed by atoms with E-state index in [1.807, 2.05) is 6.92 Å². The van der Waals surface area contributed by atoms with Crippen LogP contribution < -0.4 is 16.4 Å². The lowest BCUT2D eigenvalue weighted by molar-refractivity contribution is -0.143. The van der Waals surface area contributed by atoms with Crippen molar-refractivity contribution in [1.29, 1.82) is 0 Å². The zero-order valence-electron chi connectivity index (χ0n) is 28.5. The van der Waals surface area contributed by atoms with E-state index in [-0.39, 0.29) is 58.7 Å². The molecule has 302 valence electrons. The SMILES string of the molecule is C.C.C.CCN1C(=O)C2Cc3nc[nH]c3CN2C1=O.COC(=O)C1Cc2nc[nH]c2CN1.NC(Cc1cnc[nH]1)C(=O)O.O=C(O)C1Cc2nc[nH]c2CN1. The van der Waals surface area contributed by atoms with Crippen molar-refractivity contribution in [3.05, 3.63) is 71.4 Å². The van der Waals surface area contributed by atoms with Crippen LogP contribution in [-0.2, 0) is 69.2 Å². The lowest BCUT2D eigenvalue weighted by atomic mass is 10.0. The number of nitrogens with one attached hydrogen (secondary N) is 6. The van der Waals surface area contributed by atoms with Crippen molar-refractivity contribution in [3.8, 4) is 0 Å². The number of amides is 3. The number of carboxylic acid groups (broad SMARTS) is 2. The molecule has 0 radical (unpaired) electrons. The number of hydrogen-bond acceptors (Lipinski definition) is 13. The molecule has 21 heteroatoms. The Bertz CT molecular complexity index is 1810. The Morgan fingerprint density at radius 2 is 1.40 bits per heavy atom. The van der Waals surface area contributed by atoms with Crippen LogP contribution in [0.25, 0.3) is 0 Å². The highest BCUT2D eigenvalue weighted by Gasteiger charge is 2.47. The first-order valence-electron chi connectivity index (χ1n) is 16.4. The number of fused-ring (bicyclic) bond motifs is 4. The summed E-state index contributed by atoms with van der Waals surface area (Å²) in [5.74, 6) is -2.14. The second-order valence-corrected chi connectivity index (χ2v) is 12.1. The molecule has 4 aliphatic heterocycles. The van der Waals surface area contributed by atoms with Crippen molar-refractivity contribution < 1.29 is 38.9 Å². The molecule has 0 aromatic carbocycles. The Hall–Kier alpha value is -5.93. The first-order valence-corrected chi connectivity index (χ1v) is 16.4. The van der Waals surface area contributed by atoms with E-state index >= 15 is 0 Å². The molecule has 4 unspecified atom stereocenters. The Balaban J connectivity index is 0.000000251. The second kappa shape index (κ2) is 20.5. The van der Waals surface area contributed by atoms with Crippen LogP contribution in [0.5, 0.6) is 0 Å². The van der Waals surface area contributed by atoms with Gasteiger partial charge in [-0.2, -0.15) is 0 Å². The van der Waals surface area contributed by atoms with Gasteiger partial charge in [-0.15, -0.1) is 0 Å². The molecule has 55 heavy (non-hydrogen) atoms. The van der Waals surface area contributed by atoms with Gasteiger partial charge in [0, 0.05) is 57.2 Å². The molecule has 21 nitrogen and oxygen atoms in total. The number of carboxylic acids is 2. The molecule has 1 fully saturated rings. The van der Waals surface area contributed by atoms with Gasteiger partial charge in [0.15, 0.2) is 0 Å². The first kappa shape index (κ1) is 45.2. The summed E-state index contributed by atoms with van der Waals surface area (Å²) < 4.78 is 4.64. The fraction of sp³-hybridized carbons (Fsp3) is 0.500. The van der Waals surface area contributed by atoms with Gasteiger partial charge in [0.2, 0.25) is 0 Å². The van der Waals surface area contributed by atoms with Crippen molar-refractivity contribution in [1.82, 2.24) is 60.3 Å². The predicted molar refractivity (Wildman–Crippen MR) is 198 cm³/mol. The minimum atomic E-state index is -1.00. The normalized spacial score (nSPS) is 19.1. The maximum atomic E-state index is 11.9. The standard InChI is InChI=1S/C10H12N4O2.C8H11N3O2.C7H9N3O2.C6H9N3O2.3CH4/c1-2-13-9(15)8-3-6-7(12-5-11-6)4-14(8)10(13)16;1-13-8(12)6-2-5-7(3-9-6)11-4-10-5;11-7(12)5-1-4-6(2-8-5)10-3-9-4;7-5(6(10)11)1-4-2-8-3-9-4;;;/h5,8H,2-4H2,1H3,(H,11,12);4,6,9H,2-3H2,1H3,(H,10,11);3,5,8H,1-2H2,(H,9,10)(H,11,12);2-3,5H,1,7H2,(H,8,9)(H,10,11);3*1H4. The van der Waals surface area contributed by atoms with E-state index in [0.717, 1.165) is 39.9 Å². The molecule has 3 amide bonds. The smallest absolute Gasteiger partial charge is 0.327 e. The molecule has 10 N–H and O–H groups in total. The second-order valence-electron chi connectivity index (χ2n) is 12.1. The largest absolute Gasteiger partial charge is 0.480 e.